The van der Waals surface area contributed by atoms with Gasteiger partial charge in [-0.2, -0.15) is 0 Å². The summed E-state index contributed by atoms with van der Waals surface area (Å²) < 4.78 is 57.0. The Kier molecular flexibility index (Phi) is 5.45. The lowest BCUT2D eigenvalue weighted by Crippen LogP contribution is -2.21. The number of primary sulfonamides is 1. The molecule has 0 radical (unpaired) electrons. The van der Waals surface area contributed by atoms with Crippen LogP contribution in [0.15, 0.2) is 18.2 Å². The first-order valence-electron chi connectivity index (χ1n) is 5.05. The number of ether oxygens (including phenoxy) is 2. The molecule has 0 aliphatic heterocycles. The molecule has 8 heteroatoms. The van der Waals surface area contributed by atoms with Crippen LogP contribution in [0.5, 0.6) is 5.75 Å². The number of benzene rings is 1. The number of nitrogens with two attached hydrogens (primary N) is 1. The van der Waals surface area contributed by atoms with Gasteiger partial charge in [-0.1, -0.05) is 6.07 Å². The number of rotatable bonds is 7. The molecule has 1 aromatic carbocycles. The Hall–Kier alpha value is -1.25. The summed E-state index contributed by atoms with van der Waals surface area (Å²) in [7, 11) is -3.56. The van der Waals surface area contributed by atoms with E-state index in [0.29, 0.717) is 0 Å². The maximum atomic E-state index is 13.1. The molecule has 0 bridgehead atoms. The second kappa shape index (κ2) is 6.62. The van der Waals surface area contributed by atoms with E-state index < -0.39 is 27.4 Å². The lowest BCUT2D eigenvalue weighted by Gasteiger charge is -2.08. The van der Waals surface area contributed by atoms with E-state index in [1.54, 1.807) is 0 Å². The number of hydrogen-bond donors (Lipinski definition) is 1. The van der Waals surface area contributed by atoms with Crippen molar-refractivity contribution in [1.29, 1.82) is 0 Å². The van der Waals surface area contributed by atoms with Gasteiger partial charge in [0.1, 0.15) is 6.61 Å². The number of para-hydroxylation sites is 1. The van der Waals surface area contributed by atoms with Gasteiger partial charge in [-0.25, -0.2) is 22.3 Å². The van der Waals surface area contributed by atoms with Crippen molar-refractivity contribution in [2.45, 2.75) is 0 Å². The van der Waals surface area contributed by atoms with E-state index in [9.17, 15) is 17.2 Å². The Morgan fingerprint density at radius 1 is 1.11 bits per heavy atom. The average molecular weight is 281 g/mol. The third-order valence-electron chi connectivity index (χ3n) is 1.91. The molecular weight excluding hydrogens is 268 g/mol. The van der Waals surface area contributed by atoms with Crippen LogP contribution in [0.3, 0.4) is 0 Å². The Balaban J connectivity index is 2.26. The number of halogens is 2. The smallest absolute Gasteiger partial charge is 0.211 e. The molecule has 0 spiro atoms. The van der Waals surface area contributed by atoms with E-state index >= 15 is 0 Å². The van der Waals surface area contributed by atoms with Gasteiger partial charge in [-0.05, 0) is 12.1 Å². The van der Waals surface area contributed by atoms with Crippen molar-refractivity contribution in [2.75, 3.05) is 25.6 Å². The predicted octanol–water partition coefficient (Wildman–Crippen LogP) is 0.649. The van der Waals surface area contributed by atoms with Crippen molar-refractivity contribution in [2.24, 2.45) is 5.14 Å². The summed E-state index contributed by atoms with van der Waals surface area (Å²) in [4.78, 5) is 0. The summed E-state index contributed by atoms with van der Waals surface area (Å²) in [6, 6.07) is 3.36. The van der Waals surface area contributed by atoms with Crippen LogP contribution in [0.2, 0.25) is 0 Å². The molecule has 102 valence electrons. The first-order valence-corrected chi connectivity index (χ1v) is 6.77. The van der Waals surface area contributed by atoms with Crippen molar-refractivity contribution >= 4 is 10.0 Å². The Labute approximate surface area is 104 Å². The first-order chi connectivity index (χ1) is 8.40. The van der Waals surface area contributed by atoms with Gasteiger partial charge in [0.05, 0.1) is 19.0 Å². The Bertz CT molecular complexity index is 472. The average Bonchev–Trinajstić information content (AvgIpc) is 2.25. The molecule has 18 heavy (non-hydrogen) atoms. The topological polar surface area (TPSA) is 78.6 Å². The molecule has 0 saturated carbocycles. The SMILES string of the molecule is NS(=O)(=O)CCOCCOc1c(F)cccc1F. The van der Waals surface area contributed by atoms with Crippen LogP contribution in [-0.4, -0.2) is 34.0 Å². The zero-order valence-electron chi connectivity index (χ0n) is 9.43. The van der Waals surface area contributed by atoms with Gasteiger partial charge in [0.25, 0.3) is 0 Å². The predicted molar refractivity (Wildman–Crippen MR) is 60.6 cm³/mol. The first kappa shape index (κ1) is 14.8. The molecular formula is C10H13F2NO4S. The molecule has 1 rings (SSSR count). The molecule has 0 saturated heterocycles. The molecule has 0 atom stereocenters. The summed E-state index contributed by atoms with van der Waals surface area (Å²) in [6.07, 6.45) is 0. The fourth-order valence-corrected chi connectivity index (χ4v) is 1.45. The second-order valence-corrected chi connectivity index (χ2v) is 5.11. The molecule has 0 aromatic heterocycles. The van der Waals surface area contributed by atoms with Crippen LogP contribution in [-0.2, 0) is 14.8 Å². The molecule has 0 fully saturated rings. The van der Waals surface area contributed by atoms with Crippen LogP contribution in [0.1, 0.15) is 0 Å². The van der Waals surface area contributed by atoms with Gasteiger partial charge in [0.15, 0.2) is 17.4 Å². The summed E-state index contributed by atoms with van der Waals surface area (Å²) in [5.74, 6) is -2.41. The van der Waals surface area contributed by atoms with Crippen molar-refractivity contribution in [3.05, 3.63) is 29.8 Å². The van der Waals surface area contributed by atoms with Gasteiger partial charge in [-0.15, -0.1) is 0 Å². The second-order valence-electron chi connectivity index (χ2n) is 3.38. The summed E-state index contributed by atoms with van der Waals surface area (Å²) in [6.45, 7) is -0.187. The molecule has 1 aromatic rings. The van der Waals surface area contributed by atoms with E-state index in [1.165, 1.54) is 6.07 Å². The third kappa shape index (κ3) is 5.39. The highest BCUT2D eigenvalue weighted by Crippen LogP contribution is 2.20. The summed E-state index contributed by atoms with van der Waals surface area (Å²) in [5, 5.41) is 4.74. The minimum Gasteiger partial charge on any atom is -0.485 e. The van der Waals surface area contributed by atoms with Crippen LogP contribution >= 0.6 is 0 Å². The molecule has 0 unspecified atom stereocenters. The van der Waals surface area contributed by atoms with E-state index in [-0.39, 0.29) is 25.6 Å². The molecule has 0 aliphatic rings. The van der Waals surface area contributed by atoms with E-state index in [1.807, 2.05) is 0 Å². The quantitative estimate of drug-likeness (QED) is 0.744. The maximum Gasteiger partial charge on any atom is 0.211 e. The van der Waals surface area contributed by atoms with E-state index in [0.717, 1.165) is 12.1 Å². The Morgan fingerprint density at radius 3 is 2.28 bits per heavy atom. The fraction of sp³-hybridized carbons (Fsp3) is 0.400. The highest BCUT2D eigenvalue weighted by molar-refractivity contribution is 7.89. The van der Waals surface area contributed by atoms with Gasteiger partial charge >= 0.3 is 0 Å². The lowest BCUT2D eigenvalue weighted by atomic mass is 10.3. The van der Waals surface area contributed by atoms with E-state index in [2.05, 4.69) is 0 Å². The van der Waals surface area contributed by atoms with Crippen LogP contribution in [0.25, 0.3) is 0 Å². The van der Waals surface area contributed by atoms with Gasteiger partial charge < -0.3 is 9.47 Å². The van der Waals surface area contributed by atoms with E-state index in [4.69, 9.17) is 14.6 Å². The van der Waals surface area contributed by atoms with Crippen molar-refractivity contribution in [1.82, 2.24) is 0 Å². The normalized spacial score (nSPS) is 11.5. The fourth-order valence-electron chi connectivity index (χ4n) is 1.10. The molecule has 0 amide bonds. The van der Waals surface area contributed by atoms with Crippen LogP contribution in [0.4, 0.5) is 8.78 Å². The standard InChI is InChI=1S/C10H13F2NO4S/c11-8-2-1-3-9(12)10(8)17-5-4-16-6-7-18(13,14)15/h1-3H,4-7H2,(H2,13,14,15). The van der Waals surface area contributed by atoms with Crippen molar-refractivity contribution < 1.29 is 26.7 Å². The van der Waals surface area contributed by atoms with Crippen molar-refractivity contribution in [3.8, 4) is 5.75 Å². The lowest BCUT2D eigenvalue weighted by molar-refractivity contribution is 0.108. The zero-order valence-corrected chi connectivity index (χ0v) is 10.3. The molecule has 0 aliphatic carbocycles. The summed E-state index contributed by atoms with van der Waals surface area (Å²) >= 11 is 0. The number of sulfonamides is 1. The van der Waals surface area contributed by atoms with Gasteiger partial charge in [0.2, 0.25) is 10.0 Å². The molecule has 5 nitrogen and oxygen atoms in total. The minimum atomic E-state index is -3.56. The zero-order chi connectivity index (χ0) is 13.6. The molecule has 0 heterocycles. The monoisotopic (exact) mass is 281 g/mol. The van der Waals surface area contributed by atoms with Crippen LogP contribution in [0, 0.1) is 11.6 Å². The minimum absolute atomic E-state index is 0.00327. The third-order valence-corrected chi connectivity index (χ3v) is 2.64. The Morgan fingerprint density at radius 2 is 1.72 bits per heavy atom. The van der Waals surface area contributed by atoms with Crippen molar-refractivity contribution in [3.63, 3.8) is 0 Å². The number of hydrogen-bond acceptors (Lipinski definition) is 4. The highest BCUT2D eigenvalue weighted by atomic mass is 32.2. The van der Waals surface area contributed by atoms with Crippen LogP contribution < -0.4 is 9.88 Å². The van der Waals surface area contributed by atoms with Gasteiger partial charge in [0, 0.05) is 0 Å². The van der Waals surface area contributed by atoms with Gasteiger partial charge in [-0.3, -0.25) is 0 Å². The largest absolute Gasteiger partial charge is 0.485 e. The summed E-state index contributed by atoms with van der Waals surface area (Å²) in [5.41, 5.74) is 0. The highest BCUT2D eigenvalue weighted by Gasteiger charge is 2.09. The molecule has 2 N–H and O–H groups in total. The maximum absolute atomic E-state index is 13.1.